The van der Waals surface area contributed by atoms with Crippen LogP contribution in [0.1, 0.15) is 131 Å². The van der Waals surface area contributed by atoms with Gasteiger partial charge in [0.2, 0.25) is 17.7 Å². The Kier molecular flexibility index (Phi) is 20.7. The first kappa shape index (κ1) is 56.4. The lowest BCUT2D eigenvalue weighted by atomic mass is 9.87. The SMILES string of the molecule is CCC(C)C(C(CC(=O)N1CCCC1C(OC)C(C)C(=O)CCCC1(C(=O)N2CCCCO2)CC1c1ccccc1)OC)N(C)C(=O)C(NC(=O)C(C(C)C)N(C)CCCN1C(=O)C=CC1=O)C(C)C. The van der Waals surface area contributed by atoms with Crippen molar-refractivity contribution in [2.24, 2.45) is 29.1 Å². The number of ether oxygens (including phenoxy) is 2. The number of rotatable bonds is 27. The first-order valence-electron chi connectivity index (χ1n) is 26.0. The van der Waals surface area contributed by atoms with Crippen LogP contribution in [0.15, 0.2) is 42.5 Å². The Morgan fingerprint density at radius 3 is 2.16 bits per heavy atom. The van der Waals surface area contributed by atoms with Gasteiger partial charge in [-0.3, -0.25) is 48.2 Å². The third kappa shape index (κ3) is 13.3. The van der Waals surface area contributed by atoms with Crippen LogP contribution in [-0.4, -0.2) is 163 Å². The fraction of sp³-hybridized carbons (Fsp3) is 0.722. The number of ketones is 1. The monoisotopic (exact) mass is 977 g/mol. The first-order valence-corrected chi connectivity index (χ1v) is 26.0. The van der Waals surface area contributed by atoms with Gasteiger partial charge in [0, 0.05) is 71.9 Å². The highest BCUT2D eigenvalue weighted by Crippen LogP contribution is 2.63. The lowest BCUT2D eigenvalue weighted by Gasteiger charge is -2.41. The molecule has 10 unspecified atom stereocenters. The molecule has 16 heteroatoms. The van der Waals surface area contributed by atoms with Crippen molar-refractivity contribution in [3.63, 3.8) is 0 Å². The van der Waals surface area contributed by atoms with Crippen LogP contribution < -0.4 is 5.32 Å². The molecular formula is C54H84N6O10. The summed E-state index contributed by atoms with van der Waals surface area (Å²) < 4.78 is 12.2. The van der Waals surface area contributed by atoms with Gasteiger partial charge in [0.25, 0.3) is 17.7 Å². The number of nitrogens with one attached hydrogen (secondary N) is 1. The van der Waals surface area contributed by atoms with Gasteiger partial charge < -0.3 is 24.6 Å². The maximum absolute atomic E-state index is 14.6. The molecule has 6 amide bonds. The molecule has 0 radical (unpaired) electrons. The molecule has 3 heterocycles. The molecule has 390 valence electrons. The van der Waals surface area contributed by atoms with Crippen LogP contribution in [0.5, 0.6) is 0 Å². The Hall–Kier alpha value is -4.51. The van der Waals surface area contributed by atoms with Gasteiger partial charge >= 0.3 is 0 Å². The molecular weight excluding hydrogens is 893 g/mol. The molecule has 1 aliphatic carbocycles. The van der Waals surface area contributed by atoms with Gasteiger partial charge in [-0.1, -0.05) is 85.2 Å². The van der Waals surface area contributed by atoms with Crippen LogP contribution in [0.25, 0.3) is 0 Å². The Morgan fingerprint density at radius 2 is 1.57 bits per heavy atom. The zero-order valence-corrected chi connectivity index (χ0v) is 44.0. The summed E-state index contributed by atoms with van der Waals surface area (Å²) in [5, 5.41) is 4.63. The second-order valence-electron chi connectivity index (χ2n) is 21.1. The van der Waals surface area contributed by atoms with Crippen LogP contribution in [0.3, 0.4) is 0 Å². The number of imide groups is 1. The van der Waals surface area contributed by atoms with Crippen molar-refractivity contribution >= 4 is 41.2 Å². The molecule has 1 saturated carbocycles. The number of likely N-dealkylation sites (tertiary alicyclic amines) is 1. The molecule has 0 spiro atoms. The maximum atomic E-state index is 14.6. The first-order chi connectivity index (χ1) is 33.3. The average Bonchev–Trinajstić information content (AvgIpc) is 3.72. The fourth-order valence-electron chi connectivity index (χ4n) is 11.5. The minimum atomic E-state index is -0.869. The van der Waals surface area contributed by atoms with Gasteiger partial charge in [-0.15, -0.1) is 0 Å². The van der Waals surface area contributed by atoms with Crippen LogP contribution in [-0.2, 0) is 47.9 Å². The zero-order chi connectivity index (χ0) is 51.4. The Labute approximate surface area is 417 Å². The molecule has 1 aromatic rings. The van der Waals surface area contributed by atoms with Gasteiger partial charge in [-0.05, 0) is 87.6 Å². The minimum absolute atomic E-state index is 0.00141. The van der Waals surface area contributed by atoms with E-state index in [0.717, 1.165) is 31.2 Å². The molecule has 2 saturated heterocycles. The van der Waals surface area contributed by atoms with Crippen molar-refractivity contribution in [2.45, 2.75) is 161 Å². The molecule has 0 aromatic heterocycles. The predicted octanol–water partition coefficient (Wildman–Crippen LogP) is 5.79. The lowest BCUT2D eigenvalue weighted by molar-refractivity contribution is -0.203. The molecule has 5 rings (SSSR count). The topological polar surface area (TPSA) is 175 Å². The number of hydroxylamine groups is 2. The van der Waals surface area contributed by atoms with E-state index >= 15 is 0 Å². The van der Waals surface area contributed by atoms with Crippen LogP contribution >= 0.6 is 0 Å². The van der Waals surface area contributed by atoms with Crippen molar-refractivity contribution in [1.29, 1.82) is 0 Å². The van der Waals surface area contributed by atoms with Gasteiger partial charge in [-0.25, -0.2) is 5.06 Å². The molecule has 3 aliphatic heterocycles. The second-order valence-corrected chi connectivity index (χ2v) is 21.1. The van der Waals surface area contributed by atoms with E-state index in [4.69, 9.17) is 14.3 Å². The molecule has 1 N–H and O–H groups in total. The molecule has 1 aromatic carbocycles. The number of benzene rings is 1. The van der Waals surface area contributed by atoms with Crippen molar-refractivity contribution in [3.05, 3.63) is 48.0 Å². The van der Waals surface area contributed by atoms with Crippen molar-refractivity contribution in [3.8, 4) is 0 Å². The van der Waals surface area contributed by atoms with E-state index in [-0.39, 0.29) is 90.3 Å². The van der Waals surface area contributed by atoms with E-state index in [1.807, 2.05) is 83.5 Å². The summed E-state index contributed by atoms with van der Waals surface area (Å²) in [4.78, 5) is 108. The van der Waals surface area contributed by atoms with E-state index in [2.05, 4.69) is 17.4 Å². The summed E-state index contributed by atoms with van der Waals surface area (Å²) in [7, 11) is 6.70. The van der Waals surface area contributed by atoms with E-state index in [0.29, 0.717) is 58.3 Å². The third-order valence-electron chi connectivity index (χ3n) is 15.7. The summed E-state index contributed by atoms with van der Waals surface area (Å²) in [6.45, 7) is 15.9. The highest BCUT2D eigenvalue weighted by atomic mass is 16.7. The number of hydrogen-bond donors (Lipinski definition) is 1. The number of hydrogen-bond acceptors (Lipinski definition) is 11. The number of carbonyl (C=O) groups is 7. The van der Waals surface area contributed by atoms with Gasteiger partial charge in [0.1, 0.15) is 11.8 Å². The fourth-order valence-corrected chi connectivity index (χ4v) is 11.5. The Balaban J connectivity index is 1.22. The average molecular weight is 977 g/mol. The Morgan fingerprint density at radius 1 is 0.886 bits per heavy atom. The highest BCUT2D eigenvalue weighted by molar-refractivity contribution is 6.12. The second kappa shape index (κ2) is 25.7. The quantitative estimate of drug-likeness (QED) is 0.106. The molecule has 0 bridgehead atoms. The zero-order valence-electron chi connectivity index (χ0n) is 44.0. The van der Waals surface area contributed by atoms with Crippen molar-refractivity contribution < 1.29 is 47.9 Å². The van der Waals surface area contributed by atoms with Crippen LogP contribution in [0.4, 0.5) is 0 Å². The van der Waals surface area contributed by atoms with Crippen molar-refractivity contribution in [2.75, 3.05) is 61.1 Å². The summed E-state index contributed by atoms with van der Waals surface area (Å²) in [6, 6.07) is 7.82. The van der Waals surface area contributed by atoms with E-state index in [9.17, 15) is 33.6 Å². The normalized spacial score (nSPS) is 23.4. The van der Waals surface area contributed by atoms with Crippen LogP contribution in [0, 0.1) is 29.1 Å². The number of likely N-dealkylation sites (N-methyl/N-ethyl adjacent to an activating group) is 2. The minimum Gasteiger partial charge on any atom is -0.379 e. The summed E-state index contributed by atoms with van der Waals surface area (Å²) in [5.41, 5.74) is 0.534. The predicted molar refractivity (Wildman–Crippen MR) is 267 cm³/mol. The summed E-state index contributed by atoms with van der Waals surface area (Å²) in [6.07, 6.45) is 7.90. The van der Waals surface area contributed by atoms with Crippen molar-refractivity contribution in [1.82, 2.24) is 30.0 Å². The maximum Gasteiger partial charge on any atom is 0.253 e. The van der Waals surface area contributed by atoms with E-state index in [1.165, 1.54) is 17.1 Å². The Bertz CT molecular complexity index is 1970. The van der Waals surface area contributed by atoms with Gasteiger partial charge in [0.15, 0.2) is 0 Å². The summed E-state index contributed by atoms with van der Waals surface area (Å²) >= 11 is 0. The number of methoxy groups -OCH3 is 2. The van der Waals surface area contributed by atoms with Gasteiger partial charge in [0.05, 0.1) is 48.8 Å². The molecule has 3 fully saturated rings. The largest absolute Gasteiger partial charge is 0.379 e. The molecule has 4 aliphatic rings. The number of amides is 6. The number of Topliss-reactive ketones (excluding diaryl/α,β-unsaturated/α-hetero) is 1. The standard InChI is InChI=1S/C54H84N6O10/c1-12-37(6)49(57(9)52(66)47(35(2)3)55-51(65)48(36(4)5)56(8)28-20-30-59-44(62)25-26-45(59)63)43(68-10)33-46(64)58-29-19-23-41(58)50(69-11)38(7)42(61)24-18-27-54(53(67)60-31-16-17-32-70-60)34-40(54)39-21-14-13-15-22-39/h13-15,21-22,25-26,35-38,40-41,43,47-50H,12,16-20,23-24,27-34H2,1-11H3,(H,55,65). The van der Waals surface area contributed by atoms with Gasteiger partial charge in [-0.2, -0.15) is 0 Å². The summed E-state index contributed by atoms with van der Waals surface area (Å²) in [5.74, 6) is -2.23. The number of carbonyl (C=O) groups excluding carboxylic acids is 7. The van der Waals surface area contributed by atoms with E-state index < -0.39 is 41.7 Å². The lowest BCUT2D eigenvalue weighted by Crippen LogP contribution is -2.60. The highest BCUT2D eigenvalue weighted by Gasteiger charge is 2.61. The third-order valence-corrected chi connectivity index (χ3v) is 15.7. The molecule has 10 atom stereocenters. The smallest absolute Gasteiger partial charge is 0.253 e. The number of nitrogens with zero attached hydrogens (tertiary/aromatic N) is 5. The van der Waals surface area contributed by atoms with Crippen LogP contribution in [0.2, 0.25) is 0 Å². The molecule has 70 heavy (non-hydrogen) atoms. The van der Waals surface area contributed by atoms with E-state index in [1.54, 1.807) is 31.2 Å². The molecule has 16 nitrogen and oxygen atoms in total.